The van der Waals surface area contributed by atoms with Gasteiger partial charge in [-0.15, -0.1) is 0 Å². The monoisotopic (exact) mass is 284 g/mol. The standard InChI is InChI=1S/C18H24N2O/c1-4-20(12-17-10-6-8-15(3)19-17)13-18(21)16-9-5-7-14(2)11-16/h5-11,18,21H,4,12-13H2,1-3H3. The van der Waals surface area contributed by atoms with Crippen LogP contribution in [0.3, 0.4) is 0 Å². The number of likely N-dealkylation sites (N-methyl/N-ethyl adjacent to an activating group) is 1. The molecule has 0 amide bonds. The maximum Gasteiger partial charge on any atom is 0.0917 e. The van der Waals surface area contributed by atoms with Crippen molar-refractivity contribution in [1.82, 2.24) is 9.88 Å². The van der Waals surface area contributed by atoms with Gasteiger partial charge in [-0.1, -0.05) is 42.8 Å². The maximum atomic E-state index is 10.4. The topological polar surface area (TPSA) is 36.4 Å². The molecule has 1 aromatic heterocycles. The number of nitrogens with zero attached hydrogens (tertiary/aromatic N) is 2. The zero-order valence-electron chi connectivity index (χ0n) is 13.1. The summed E-state index contributed by atoms with van der Waals surface area (Å²) in [4.78, 5) is 6.75. The first-order valence-corrected chi connectivity index (χ1v) is 7.48. The molecule has 0 radical (unpaired) electrons. The Kier molecular flexibility index (Phi) is 5.48. The number of benzene rings is 1. The van der Waals surface area contributed by atoms with E-state index in [-0.39, 0.29) is 0 Å². The average Bonchev–Trinajstić information content (AvgIpc) is 2.46. The normalized spacial score (nSPS) is 12.6. The minimum atomic E-state index is -0.463. The molecule has 0 aliphatic rings. The van der Waals surface area contributed by atoms with Crippen molar-refractivity contribution in [2.75, 3.05) is 13.1 Å². The summed E-state index contributed by atoms with van der Waals surface area (Å²) >= 11 is 0. The van der Waals surface area contributed by atoms with E-state index in [1.807, 2.05) is 56.3 Å². The highest BCUT2D eigenvalue weighted by molar-refractivity contribution is 5.24. The second kappa shape index (κ2) is 7.34. The van der Waals surface area contributed by atoms with E-state index in [4.69, 9.17) is 0 Å². The van der Waals surface area contributed by atoms with Gasteiger partial charge in [-0.2, -0.15) is 0 Å². The minimum Gasteiger partial charge on any atom is -0.387 e. The van der Waals surface area contributed by atoms with Crippen molar-refractivity contribution in [2.45, 2.75) is 33.4 Å². The van der Waals surface area contributed by atoms with Crippen LogP contribution in [-0.4, -0.2) is 28.1 Å². The molecule has 2 rings (SSSR count). The SMILES string of the molecule is CCN(Cc1cccc(C)n1)CC(O)c1cccc(C)c1. The van der Waals surface area contributed by atoms with Gasteiger partial charge < -0.3 is 5.11 Å². The van der Waals surface area contributed by atoms with Gasteiger partial charge in [-0.05, 0) is 38.1 Å². The second-order valence-corrected chi connectivity index (χ2v) is 5.53. The Labute approximate surface area is 127 Å². The zero-order chi connectivity index (χ0) is 15.2. The van der Waals surface area contributed by atoms with Crippen LogP contribution in [0.25, 0.3) is 0 Å². The van der Waals surface area contributed by atoms with Crippen LogP contribution in [0.15, 0.2) is 42.5 Å². The molecule has 112 valence electrons. The van der Waals surface area contributed by atoms with Crippen molar-refractivity contribution >= 4 is 0 Å². The summed E-state index contributed by atoms with van der Waals surface area (Å²) in [7, 11) is 0. The van der Waals surface area contributed by atoms with Crippen molar-refractivity contribution in [3.05, 3.63) is 65.0 Å². The van der Waals surface area contributed by atoms with Crippen molar-refractivity contribution < 1.29 is 5.11 Å². The van der Waals surface area contributed by atoms with Crippen LogP contribution in [0, 0.1) is 13.8 Å². The summed E-state index contributed by atoms with van der Waals surface area (Å²) in [5.74, 6) is 0. The van der Waals surface area contributed by atoms with E-state index in [1.54, 1.807) is 0 Å². The number of aliphatic hydroxyl groups excluding tert-OH is 1. The van der Waals surface area contributed by atoms with Gasteiger partial charge in [0.25, 0.3) is 0 Å². The number of pyridine rings is 1. The fourth-order valence-corrected chi connectivity index (χ4v) is 2.45. The lowest BCUT2D eigenvalue weighted by Gasteiger charge is -2.23. The van der Waals surface area contributed by atoms with Crippen molar-refractivity contribution in [3.8, 4) is 0 Å². The number of aryl methyl sites for hydroxylation is 2. The Morgan fingerprint density at radius 2 is 1.90 bits per heavy atom. The van der Waals surface area contributed by atoms with Crippen LogP contribution in [0.4, 0.5) is 0 Å². The van der Waals surface area contributed by atoms with E-state index in [2.05, 4.69) is 16.8 Å². The molecule has 2 aromatic rings. The third-order valence-electron chi connectivity index (χ3n) is 3.64. The third-order valence-corrected chi connectivity index (χ3v) is 3.64. The minimum absolute atomic E-state index is 0.463. The average molecular weight is 284 g/mol. The molecule has 3 nitrogen and oxygen atoms in total. The smallest absolute Gasteiger partial charge is 0.0917 e. The van der Waals surface area contributed by atoms with Gasteiger partial charge in [0.2, 0.25) is 0 Å². The molecule has 3 heteroatoms. The lowest BCUT2D eigenvalue weighted by Crippen LogP contribution is -2.28. The fourth-order valence-electron chi connectivity index (χ4n) is 2.45. The molecule has 0 saturated heterocycles. The molecule has 0 bridgehead atoms. The van der Waals surface area contributed by atoms with E-state index in [0.717, 1.165) is 30.0 Å². The number of aliphatic hydroxyl groups is 1. The molecule has 1 aromatic carbocycles. The Morgan fingerprint density at radius 1 is 1.14 bits per heavy atom. The van der Waals surface area contributed by atoms with Gasteiger partial charge in [0.15, 0.2) is 0 Å². The lowest BCUT2D eigenvalue weighted by molar-refractivity contribution is 0.111. The van der Waals surface area contributed by atoms with Crippen LogP contribution >= 0.6 is 0 Å². The van der Waals surface area contributed by atoms with E-state index in [1.165, 1.54) is 5.56 Å². The molecular weight excluding hydrogens is 260 g/mol. The van der Waals surface area contributed by atoms with E-state index in [9.17, 15) is 5.11 Å². The van der Waals surface area contributed by atoms with Crippen molar-refractivity contribution in [2.24, 2.45) is 0 Å². The Morgan fingerprint density at radius 3 is 2.57 bits per heavy atom. The van der Waals surface area contributed by atoms with E-state index in [0.29, 0.717) is 6.54 Å². The second-order valence-electron chi connectivity index (χ2n) is 5.53. The van der Waals surface area contributed by atoms with Crippen LogP contribution in [0.5, 0.6) is 0 Å². The van der Waals surface area contributed by atoms with Gasteiger partial charge >= 0.3 is 0 Å². The zero-order valence-corrected chi connectivity index (χ0v) is 13.1. The lowest BCUT2D eigenvalue weighted by atomic mass is 10.1. The van der Waals surface area contributed by atoms with Crippen LogP contribution < -0.4 is 0 Å². The Balaban J connectivity index is 2.01. The quantitative estimate of drug-likeness (QED) is 0.884. The predicted octanol–water partition coefficient (Wildman–Crippen LogP) is 3.25. The largest absolute Gasteiger partial charge is 0.387 e. The highest BCUT2D eigenvalue weighted by Gasteiger charge is 2.13. The molecule has 1 unspecified atom stereocenters. The molecular formula is C18H24N2O. The summed E-state index contributed by atoms with van der Waals surface area (Å²) in [5.41, 5.74) is 4.23. The summed E-state index contributed by atoms with van der Waals surface area (Å²) < 4.78 is 0. The van der Waals surface area contributed by atoms with Gasteiger partial charge in [-0.25, -0.2) is 0 Å². The summed E-state index contributed by atoms with van der Waals surface area (Å²) in [5, 5.41) is 10.4. The first-order valence-electron chi connectivity index (χ1n) is 7.48. The van der Waals surface area contributed by atoms with Crippen LogP contribution in [0.2, 0.25) is 0 Å². The fraction of sp³-hybridized carbons (Fsp3) is 0.389. The van der Waals surface area contributed by atoms with Crippen molar-refractivity contribution in [3.63, 3.8) is 0 Å². The van der Waals surface area contributed by atoms with Gasteiger partial charge in [-0.3, -0.25) is 9.88 Å². The van der Waals surface area contributed by atoms with Gasteiger partial charge in [0.1, 0.15) is 0 Å². The molecule has 1 atom stereocenters. The number of hydrogen-bond acceptors (Lipinski definition) is 3. The van der Waals surface area contributed by atoms with Crippen LogP contribution in [-0.2, 0) is 6.54 Å². The highest BCUT2D eigenvalue weighted by Crippen LogP contribution is 2.16. The molecule has 1 N–H and O–H groups in total. The number of aromatic nitrogens is 1. The van der Waals surface area contributed by atoms with Gasteiger partial charge in [0, 0.05) is 18.8 Å². The molecule has 0 aliphatic heterocycles. The van der Waals surface area contributed by atoms with E-state index >= 15 is 0 Å². The first-order chi connectivity index (χ1) is 10.1. The summed E-state index contributed by atoms with van der Waals surface area (Å²) in [6, 6.07) is 14.1. The number of hydrogen-bond donors (Lipinski definition) is 1. The molecule has 21 heavy (non-hydrogen) atoms. The summed E-state index contributed by atoms with van der Waals surface area (Å²) in [6.45, 7) is 8.43. The Bertz CT molecular complexity index is 583. The molecule has 0 spiro atoms. The van der Waals surface area contributed by atoms with Gasteiger partial charge in [0.05, 0.1) is 11.8 Å². The first kappa shape index (κ1) is 15.7. The maximum absolute atomic E-state index is 10.4. The number of rotatable bonds is 6. The predicted molar refractivity (Wildman–Crippen MR) is 86.1 cm³/mol. The molecule has 0 aliphatic carbocycles. The molecule has 0 fully saturated rings. The van der Waals surface area contributed by atoms with Crippen molar-refractivity contribution in [1.29, 1.82) is 0 Å². The molecule has 1 heterocycles. The summed E-state index contributed by atoms with van der Waals surface area (Å²) in [6.07, 6.45) is -0.463. The third kappa shape index (κ3) is 4.66. The van der Waals surface area contributed by atoms with E-state index < -0.39 is 6.10 Å². The Hall–Kier alpha value is -1.71. The van der Waals surface area contributed by atoms with Crippen LogP contribution in [0.1, 0.15) is 35.5 Å². The highest BCUT2D eigenvalue weighted by atomic mass is 16.3. The molecule has 0 saturated carbocycles.